The first-order chi connectivity index (χ1) is 27.8. The van der Waals surface area contributed by atoms with Crippen molar-refractivity contribution in [3.8, 4) is 17.6 Å². The molecule has 0 saturated heterocycles. The summed E-state index contributed by atoms with van der Waals surface area (Å²) in [4.78, 5) is 21.7. The number of ketones is 1. The lowest BCUT2D eigenvalue weighted by atomic mass is 10.0. The van der Waals surface area contributed by atoms with Crippen LogP contribution in [-0.4, -0.2) is 47.7 Å². The number of hydrogen-bond donors (Lipinski definition) is 1. The Balaban J connectivity index is 1.98. The number of halogens is 1. The van der Waals surface area contributed by atoms with Gasteiger partial charge in [-0.15, -0.1) is 0 Å². The highest BCUT2D eigenvalue weighted by atomic mass is 35.5. The quantitative estimate of drug-likeness (QED) is 0.189. The molecule has 4 aromatic rings. The fourth-order valence-corrected chi connectivity index (χ4v) is 3.48. The molecule has 0 fully saturated rings. The van der Waals surface area contributed by atoms with E-state index >= 15 is 0 Å². The summed E-state index contributed by atoms with van der Waals surface area (Å²) >= 11 is 6.45. The van der Waals surface area contributed by atoms with Crippen LogP contribution in [0.1, 0.15) is 56.8 Å². The molecule has 0 aliphatic rings. The van der Waals surface area contributed by atoms with Crippen molar-refractivity contribution in [1.82, 2.24) is 14.9 Å². The summed E-state index contributed by atoms with van der Waals surface area (Å²) in [5.41, 5.74) is -3.60. The van der Waals surface area contributed by atoms with E-state index in [0.717, 1.165) is 7.05 Å². The lowest BCUT2D eigenvalue weighted by molar-refractivity contribution is -0.114. The van der Waals surface area contributed by atoms with Gasteiger partial charge in [0.05, 0.1) is 50.5 Å². The van der Waals surface area contributed by atoms with Crippen LogP contribution in [0.2, 0.25) is 5.02 Å². The highest BCUT2D eigenvalue weighted by Crippen LogP contribution is 2.36. The SMILES string of the molecule is [2H]/C(=C\C([2H])([2H])N(C)C([2H])([2H])[2H])C(=O)Cc1c(OC([2H])([2H])C([2H])([2H])[2H])c([2H])c2nc([2H])c(C#N)c(Nc3c([2H])c([2H])c(OCc4nc(C)c([2H])c([2H])c4[2H])c(Cl)c3[2H])c2c1[2H]. The average Bonchev–Trinajstić information content (AvgIpc) is 3.15. The number of carbonyl (C=O) groups excluding carboxylic acids is 1. The van der Waals surface area contributed by atoms with E-state index in [1.807, 2.05) is 0 Å². The first-order valence-electron chi connectivity index (χ1n) is 21.4. The second-order valence-corrected chi connectivity index (χ2v) is 8.35. The van der Waals surface area contributed by atoms with Crippen molar-refractivity contribution in [2.75, 3.05) is 32.4 Å². The van der Waals surface area contributed by atoms with Crippen LogP contribution in [0.4, 0.5) is 11.4 Å². The average molecular weight is 590 g/mol. The molecule has 0 saturated carbocycles. The fourth-order valence-electron chi connectivity index (χ4n) is 3.28. The summed E-state index contributed by atoms with van der Waals surface area (Å²) in [6.45, 7) is -12.3. The Morgan fingerprint density at radius 2 is 2.17 bits per heavy atom. The number of benzene rings is 2. The van der Waals surface area contributed by atoms with Gasteiger partial charge in [-0.3, -0.25) is 14.8 Å². The molecule has 2 heterocycles. The van der Waals surface area contributed by atoms with Gasteiger partial charge in [-0.25, -0.2) is 0 Å². The zero-order valence-corrected chi connectivity index (χ0v) is 22.1. The summed E-state index contributed by atoms with van der Waals surface area (Å²) in [5.74, 6) is -3.03. The van der Waals surface area contributed by atoms with Crippen molar-refractivity contribution in [2.24, 2.45) is 0 Å². The van der Waals surface area contributed by atoms with E-state index in [0.29, 0.717) is 6.08 Å². The number of nitrogens with one attached hydrogen (secondary N) is 1. The Labute approximate surface area is 273 Å². The zero-order valence-electron chi connectivity index (χ0n) is 41.4. The number of nitrogens with zero attached hydrogens (tertiary/aromatic N) is 4. The van der Waals surface area contributed by atoms with Crippen molar-refractivity contribution < 1.29 is 41.7 Å². The molecular formula is C32H32ClN5O3. The molecular weight excluding hydrogens is 538 g/mol. The molecule has 210 valence electrons. The van der Waals surface area contributed by atoms with Crippen molar-refractivity contribution >= 4 is 39.7 Å². The van der Waals surface area contributed by atoms with Crippen LogP contribution in [0.3, 0.4) is 0 Å². The molecule has 0 bridgehead atoms. The molecule has 0 unspecified atom stereocenters. The predicted octanol–water partition coefficient (Wildman–Crippen LogP) is 6.41. The molecule has 4 rings (SSSR count). The van der Waals surface area contributed by atoms with E-state index in [1.54, 1.807) is 6.07 Å². The van der Waals surface area contributed by atoms with Crippen LogP contribution in [0, 0.1) is 18.3 Å². The second-order valence-electron chi connectivity index (χ2n) is 7.97. The minimum atomic E-state index is -3.63. The largest absolute Gasteiger partial charge is 0.494 e. The van der Waals surface area contributed by atoms with Gasteiger partial charge in [0.15, 0.2) is 5.78 Å². The molecule has 0 aliphatic heterocycles. The number of anilines is 2. The van der Waals surface area contributed by atoms with Gasteiger partial charge in [-0.05, 0) is 70.1 Å². The lowest BCUT2D eigenvalue weighted by Crippen LogP contribution is -2.11. The van der Waals surface area contributed by atoms with Crippen LogP contribution in [0.15, 0.2) is 66.6 Å². The number of allylic oxidation sites excluding steroid dienone is 1. The predicted molar refractivity (Wildman–Crippen MR) is 162 cm³/mol. The molecule has 2 aromatic carbocycles. The van der Waals surface area contributed by atoms with Gasteiger partial charge < -0.3 is 19.7 Å². The number of nitriles is 1. The van der Waals surface area contributed by atoms with E-state index in [9.17, 15) is 11.4 Å². The normalized spacial score (nSPS) is 19.7. The summed E-state index contributed by atoms with van der Waals surface area (Å²) in [6.07, 6.45) is -1.81. The molecule has 0 aliphatic carbocycles. The molecule has 0 spiro atoms. The number of likely N-dealkylation sites (N-methyl/N-ethyl adjacent to an activating group) is 1. The summed E-state index contributed by atoms with van der Waals surface area (Å²) < 4.78 is 173. The monoisotopic (exact) mass is 589 g/mol. The van der Waals surface area contributed by atoms with E-state index in [1.165, 1.54) is 6.92 Å². The molecule has 9 heteroatoms. The van der Waals surface area contributed by atoms with Crippen LogP contribution >= 0.6 is 11.6 Å². The van der Waals surface area contributed by atoms with Crippen molar-refractivity contribution in [3.63, 3.8) is 0 Å². The van der Waals surface area contributed by atoms with Crippen LogP contribution < -0.4 is 14.8 Å². The minimum absolute atomic E-state index is 0.0929. The Hall–Kier alpha value is -4.45. The van der Waals surface area contributed by atoms with Crippen molar-refractivity contribution in [1.29, 1.82) is 5.26 Å². The molecule has 8 nitrogen and oxygen atoms in total. The smallest absolute Gasteiger partial charge is 0.159 e. The van der Waals surface area contributed by atoms with Gasteiger partial charge in [0.2, 0.25) is 0 Å². The number of fused-ring (bicyclic) bond motifs is 1. The van der Waals surface area contributed by atoms with Gasteiger partial charge >= 0.3 is 0 Å². The van der Waals surface area contributed by atoms with Gasteiger partial charge in [0.25, 0.3) is 0 Å². The zero-order chi connectivity index (χ0) is 46.6. The Kier molecular flexibility index (Phi) is 4.37. The second kappa shape index (κ2) is 13.8. The number of ether oxygens (including phenoxy) is 2. The van der Waals surface area contributed by atoms with Crippen LogP contribution in [-0.2, 0) is 17.8 Å². The first kappa shape index (κ1) is 13.0. The number of hydrogen-bond acceptors (Lipinski definition) is 8. The number of aryl methyl sites for hydroxylation is 1. The minimum Gasteiger partial charge on any atom is -0.494 e. The van der Waals surface area contributed by atoms with Gasteiger partial charge in [-0.1, -0.05) is 23.7 Å². The number of rotatable bonds is 12. The maximum Gasteiger partial charge on any atom is 0.159 e. The molecule has 41 heavy (non-hydrogen) atoms. The molecule has 0 amide bonds. The third-order valence-corrected chi connectivity index (χ3v) is 5.25. The molecule has 2 aromatic heterocycles. The first-order valence-corrected chi connectivity index (χ1v) is 11.8. The van der Waals surface area contributed by atoms with Crippen molar-refractivity contribution in [3.05, 3.63) is 94.2 Å². The van der Waals surface area contributed by atoms with Gasteiger partial charge in [0, 0.05) is 58.4 Å². The van der Waals surface area contributed by atoms with Gasteiger partial charge in [-0.2, -0.15) is 5.26 Å². The summed E-state index contributed by atoms with van der Waals surface area (Å²) in [6, 6.07) is -5.13. The molecule has 0 radical (unpaired) electrons. The highest BCUT2D eigenvalue weighted by molar-refractivity contribution is 6.32. The number of aromatic nitrogens is 2. The van der Waals surface area contributed by atoms with E-state index < -0.39 is 150 Å². The third kappa shape index (κ3) is 7.82. The third-order valence-electron chi connectivity index (χ3n) is 4.98. The van der Waals surface area contributed by atoms with E-state index in [2.05, 4.69) is 15.3 Å². The number of pyridine rings is 2. The van der Waals surface area contributed by atoms with E-state index in [4.69, 9.17) is 47.1 Å². The standard InChI is InChI=1S/C32H32ClN5O3/c1-5-40-31-17-29-27(15-22(31)14-26(39)10-7-13-38(3)4)32(23(18-34)19-35-29)37-24-11-12-30(28(33)16-24)41-20-25-9-6-8-21(2)36-25/h6-12,15-17,19H,5,13-14,20H2,1-4H3,(H,35,37)/b10-7+/i1D3,3D3,5D2,6D,8D,9D,10D,11D,12D,13D2,15D,16D,17D,19D. The lowest BCUT2D eigenvalue weighted by Gasteiger charge is -2.16. The van der Waals surface area contributed by atoms with E-state index in [-0.39, 0.29) is 22.3 Å². The van der Waals surface area contributed by atoms with Gasteiger partial charge in [0.1, 0.15) is 24.2 Å². The van der Waals surface area contributed by atoms with Crippen LogP contribution in [0.25, 0.3) is 10.9 Å². The number of carbonyl (C=O) groups is 1. The van der Waals surface area contributed by atoms with Crippen molar-refractivity contribution in [2.45, 2.75) is 26.8 Å². The maximum absolute atomic E-state index is 13.5. The molecule has 0 atom stereocenters. The Morgan fingerprint density at radius 3 is 2.98 bits per heavy atom. The Bertz CT molecular complexity index is 2510. The fraction of sp³-hybridized carbons (Fsp3) is 0.250. The van der Waals surface area contributed by atoms with Crippen LogP contribution in [0.5, 0.6) is 11.5 Å². The maximum atomic E-state index is 13.5. The topological polar surface area (TPSA) is 100 Å². The summed E-state index contributed by atoms with van der Waals surface area (Å²) in [7, 11) is 0.846. The summed E-state index contributed by atoms with van der Waals surface area (Å²) in [5, 5.41) is 11.4. The highest BCUT2D eigenvalue weighted by Gasteiger charge is 2.16. The molecule has 1 N–H and O–H groups in total. The Morgan fingerprint density at radius 1 is 1.29 bits per heavy atom.